The average Bonchev–Trinajstić information content (AvgIpc) is 3.08. The second-order valence-corrected chi connectivity index (χ2v) is 7.36. The molecule has 0 saturated carbocycles. The van der Waals surface area contributed by atoms with E-state index in [1.54, 1.807) is 13.8 Å². The van der Waals surface area contributed by atoms with Gasteiger partial charge in [-0.15, -0.1) is 0 Å². The van der Waals surface area contributed by atoms with Gasteiger partial charge in [-0.1, -0.05) is 0 Å². The number of H-pyrrole nitrogens is 1. The van der Waals surface area contributed by atoms with Crippen LogP contribution in [0.25, 0.3) is 0 Å². The van der Waals surface area contributed by atoms with E-state index in [-0.39, 0.29) is 21.9 Å². The molecule has 1 aromatic rings. The summed E-state index contributed by atoms with van der Waals surface area (Å²) in [5, 5.41) is 9.51. The van der Waals surface area contributed by atoms with Gasteiger partial charge in [0.05, 0.1) is 12.1 Å². The topological polar surface area (TPSA) is 106 Å². The number of carbonyl (C=O) groups excluding carboxylic acids is 1. The highest BCUT2D eigenvalue weighted by Crippen LogP contribution is 2.44. The second-order valence-electron chi connectivity index (χ2n) is 6.97. The van der Waals surface area contributed by atoms with Crippen LogP contribution < -0.4 is 5.56 Å². The molecule has 2 N–H and O–H groups in total. The molecular formula is C16H18F3N3O6S. The second kappa shape index (κ2) is 7.15. The van der Waals surface area contributed by atoms with Crippen LogP contribution in [0.4, 0.5) is 13.2 Å². The van der Waals surface area contributed by atoms with Crippen LogP contribution in [-0.2, 0) is 25.5 Å². The van der Waals surface area contributed by atoms with Gasteiger partial charge in [-0.25, -0.2) is 0 Å². The number of fused-ring (bicyclic) bond motifs is 1. The summed E-state index contributed by atoms with van der Waals surface area (Å²) in [6, 6.07) is 0. The van der Waals surface area contributed by atoms with Crippen LogP contribution in [0, 0.1) is 4.77 Å². The zero-order chi connectivity index (χ0) is 21.7. The highest BCUT2D eigenvalue weighted by atomic mass is 32.1. The maximum absolute atomic E-state index is 12.6. The van der Waals surface area contributed by atoms with Crippen LogP contribution in [-0.4, -0.2) is 57.2 Å². The lowest BCUT2D eigenvalue weighted by Crippen LogP contribution is -2.39. The Kier molecular flexibility index (Phi) is 5.26. The Hall–Kier alpha value is -2.38. The number of halogens is 3. The number of aromatic nitrogens is 2. The molecule has 9 nitrogen and oxygen atoms in total. The SMILES string of the molecule is CN(Cc1cn([C@@H]2OC(CO)=C3OC(C)(C)OC32)c(=S)[nH]c1=O)C(=O)C(F)(F)F. The molecule has 2 aliphatic rings. The summed E-state index contributed by atoms with van der Waals surface area (Å²) in [6.07, 6.45) is -5.65. The zero-order valence-electron chi connectivity index (χ0n) is 15.6. The first-order valence-corrected chi connectivity index (χ1v) is 8.79. The molecule has 29 heavy (non-hydrogen) atoms. The van der Waals surface area contributed by atoms with Gasteiger partial charge in [-0.3, -0.25) is 19.1 Å². The van der Waals surface area contributed by atoms with Crippen LogP contribution >= 0.6 is 12.2 Å². The molecule has 0 spiro atoms. The standard InChI is InChI=1S/C16H18F3N3O6S/c1-15(2)27-9-8(6-23)26-12(10(9)28-15)22-5-7(11(24)20-14(22)29)4-21(3)13(25)16(17,18)19/h5,10,12,23H,4,6H2,1-3H3,(H,20,24,29)/t10?,12-/m1/s1. The predicted molar refractivity (Wildman–Crippen MR) is 92.7 cm³/mol. The van der Waals surface area contributed by atoms with Gasteiger partial charge in [-0.2, -0.15) is 13.2 Å². The van der Waals surface area contributed by atoms with E-state index in [0.29, 0.717) is 4.90 Å². The van der Waals surface area contributed by atoms with Gasteiger partial charge in [0.1, 0.15) is 6.61 Å². The van der Waals surface area contributed by atoms with Crippen molar-refractivity contribution in [2.75, 3.05) is 13.7 Å². The maximum Gasteiger partial charge on any atom is 0.471 e. The van der Waals surface area contributed by atoms with E-state index in [9.17, 15) is 27.9 Å². The molecule has 3 heterocycles. The number of amides is 1. The lowest BCUT2D eigenvalue weighted by Gasteiger charge is -2.24. The fourth-order valence-corrected chi connectivity index (χ4v) is 3.31. The Morgan fingerprint density at radius 3 is 2.69 bits per heavy atom. The number of aliphatic hydroxyl groups is 1. The number of aromatic amines is 1. The molecule has 2 aliphatic heterocycles. The van der Waals surface area contributed by atoms with Crippen LogP contribution in [0.2, 0.25) is 0 Å². The van der Waals surface area contributed by atoms with E-state index >= 15 is 0 Å². The van der Waals surface area contributed by atoms with Crippen LogP contribution in [0.15, 0.2) is 22.5 Å². The molecule has 2 atom stereocenters. The number of hydrogen-bond donors (Lipinski definition) is 2. The molecule has 1 aromatic heterocycles. The van der Waals surface area contributed by atoms with E-state index < -0.39 is 48.9 Å². The lowest BCUT2D eigenvalue weighted by molar-refractivity contribution is -0.184. The molecule has 1 unspecified atom stereocenters. The van der Waals surface area contributed by atoms with Crippen molar-refractivity contribution in [2.45, 2.75) is 44.7 Å². The van der Waals surface area contributed by atoms with Crippen molar-refractivity contribution in [3.05, 3.63) is 38.4 Å². The molecule has 0 aliphatic carbocycles. The number of carbonyl (C=O) groups is 1. The third-order valence-corrected chi connectivity index (χ3v) is 4.59. The van der Waals surface area contributed by atoms with Crippen LogP contribution in [0.1, 0.15) is 25.6 Å². The first-order valence-electron chi connectivity index (χ1n) is 8.38. The molecular weight excluding hydrogens is 419 g/mol. The third-order valence-electron chi connectivity index (χ3n) is 4.28. The van der Waals surface area contributed by atoms with Gasteiger partial charge in [0.25, 0.3) is 5.56 Å². The van der Waals surface area contributed by atoms with E-state index in [2.05, 4.69) is 4.98 Å². The Balaban J connectivity index is 1.94. The van der Waals surface area contributed by atoms with E-state index in [4.69, 9.17) is 26.4 Å². The van der Waals surface area contributed by atoms with Gasteiger partial charge in [-0.05, 0) is 12.2 Å². The van der Waals surface area contributed by atoms with Gasteiger partial charge in [0.2, 0.25) is 12.0 Å². The summed E-state index contributed by atoms with van der Waals surface area (Å²) in [5.41, 5.74) is -0.898. The lowest BCUT2D eigenvalue weighted by atomic mass is 10.2. The Bertz CT molecular complexity index is 983. The van der Waals surface area contributed by atoms with Crippen molar-refractivity contribution >= 4 is 18.1 Å². The number of rotatable bonds is 4. The number of nitrogens with zero attached hydrogens (tertiary/aromatic N) is 2. The van der Waals surface area contributed by atoms with Crippen molar-refractivity contribution in [2.24, 2.45) is 0 Å². The fraction of sp³-hybridized carbons (Fsp3) is 0.562. The van der Waals surface area contributed by atoms with Crippen molar-refractivity contribution in [1.29, 1.82) is 0 Å². The molecule has 0 aromatic carbocycles. The monoisotopic (exact) mass is 437 g/mol. The normalized spacial score (nSPS) is 22.9. The summed E-state index contributed by atoms with van der Waals surface area (Å²) in [7, 11) is 0.924. The molecule has 1 fully saturated rings. The Morgan fingerprint density at radius 1 is 1.45 bits per heavy atom. The van der Waals surface area contributed by atoms with Crippen molar-refractivity contribution < 1.29 is 37.3 Å². The summed E-state index contributed by atoms with van der Waals surface area (Å²) in [6.45, 7) is 2.21. The largest absolute Gasteiger partial charge is 0.471 e. The van der Waals surface area contributed by atoms with Crippen LogP contribution in [0.5, 0.6) is 0 Å². The summed E-state index contributed by atoms with van der Waals surface area (Å²) >= 11 is 5.14. The predicted octanol–water partition coefficient (Wildman–Crippen LogP) is 1.31. The minimum absolute atomic E-state index is 0.0830. The molecule has 1 amide bonds. The highest BCUT2D eigenvalue weighted by Gasteiger charge is 2.51. The van der Waals surface area contributed by atoms with E-state index in [1.165, 1.54) is 10.8 Å². The van der Waals surface area contributed by atoms with E-state index in [1.807, 2.05) is 0 Å². The Morgan fingerprint density at radius 2 is 2.10 bits per heavy atom. The fourth-order valence-electron chi connectivity index (χ4n) is 3.07. The molecule has 13 heteroatoms. The first kappa shape index (κ1) is 21.3. The van der Waals surface area contributed by atoms with Gasteiger partial charge < -0.3 is 24.2 Å². The minimum atomic E-state index is -5.07. The number of aliphatic hydroxyl groups excluding tert-OH is 1. The zero-order valence-corrected chi connectivity index (χ0v) is 16.4. The Labute approximate surface area is 167 Å². The molecule has 0 bridgehead atoms. The summed E-state index contributed by atoms with van der Waals surface area (Å²) in [5.74, 6) is -2.72. The number of ether oxygens (including phenoxy) is 3. The highest BCUT2D eigenvalue weighted by molar-refractivity contribution is 7.71. The van der Waals surface area contributed by atoms with Crippen molar-refractivity contribution in [3.63, 3.8) is 0 Å². The quantitative estimate of drug-likeness (QED) is 0.685. The number of hydrogen-bond acceptors (Lipinski definition) is 7. The van der Waals surface area contributed by atoms with Gasteiger partial charge >= 0.3 is 12.1 Å². The molecule has 3 rings (SSSR count). The number of alkyl halides is 3. The first-order chi connectivity index (χ1) is 13.3. The van der Waals surface area contributed by atoms with Gasteiger partial charge in [0.15, 0.2) is 22.4 Å². The molecule has 0 radical (unpaired) electrons. The minimum Gasteiger partial charge on any atom is -0.465 e. The van der Waals surface area contributed by atoms with E-state index in [0.717, 1.165) is 7.05 Å². The van der Waals surface area contributed by atoms with Crippen molar-refractivity contribution in [3.8, 4) is 0 Å². The smallest absolute Gasteiger partial charge is 0.465 e. The number of nitrogens with one attached hydrogen (secondary N) is 1. The molecule has 1 saturated heterocycles. The third kappa shape index (κ3) is 4.02. The van der Waals surface area contributed by atoms with Crippen LogP contribution in [0.3, 0.4) is 0 Å². The van der Waals surface area contributed by atoms with Crippen molar-refractivity contribution in [1.82, 2.24) is 14.5 Å². The average molecular weight is 437 g/mol. The molecule has 160 valence electrons. The van der Waals surface area contributed by atoms with Gasteiger partial charge in [0, 0.05) is 27.1 Å². The maximum atomic E-state index is 12.6. The summed E-state index contributed by atoms with van der Waals surface area (Å²) < 4.78 is 56.1. The summed E-state index contributed by atoms with van der Waals surface area (Å²) in [4.78, 5) is 26.2.